The summed E-state index contributed by atoms with van der Waals surface area (Å²) < 4.78 is 0. The number of piperazine rings is 1. The van der Waals surface area contributed by atoms with Crippen LogP contribution in [0.3, 0.4) is 0 Å². The van der Waals surface area contributed by atoms with E-state index in [1.54, 1.807) is 12.1 Å². The van der Waals surface area contributed by atoms with E-state index in [-0.39, 0.29) is 23.1 Å². The predicted molar refractivity (Wildman–Crippen MR) is 106 cm³/mol. The number of nitro benzene ring substituents is 1. The molecule has 1 amide bonds. The molecule has 142 valence electrons. The van der Waals surface area contributed by atoms with Crippen LogP contribution in [-0.2, 0) is 4.79 Å². The second kappa shape index (κ2) is 7.99. The Morgan fingerprint density at radius 2 is 1.92 bits per heavy atom. The van der Waals surface area contributed by atoms with E-state index in [2.05, 4.69) is 31.0 Å². The molecule has 1 N–H and O–H groups in total. The van der Waals surface area contributed by atoms with Gasteiger partial charge in [-0.1, -0.05) is 20.8 Å². The standard InChI is InChI=1S/C18H26N4O3S/c1-13-12-20(16(23)11-18(2,3)4)9-10-21(13)17(26)19-14-5-7-15(8-6-14)22(24)25/h5-8,13H,9-12H2,1-4H3,(H,19,26). The van der Waals surface area contributed by atoms with Crippen molar-refractivity contribution in [2.24, 2.45) is 5.41 Å². The molecule has 1 atom stereocenters. The molecule has 1 unspecified atom stereocenters. The molecule has 1 aliphatic rings. The van der Waals surface area contributed by atoms with Crippen molar-refractivity contribution in [2.75, 3.05) is 25.0 Å². The summed E-state index contributed by atoms with van der Waals surface area (Å²) in [5.74, 6) is 0.179. The average Bonchev–Trinajstić information content (AvgIpc) is 2.53. The van der Waals surface area contributed by atoms with Crippen LogP contribution in [0.5, 0.6) is 0 Å². The van der Waals surface area contributed by atoms with Gasteiger partial charge in [0.15, 0.2) is 5.11 Å². The molecule has 1 heterocycles. The fourth-order valence-electron chi connectivity index (χ4n) is 2.91. The zero-order valence-electron chi connectivity index (χ0n) is 15.7. The summed E-state index contributed by atoms with van der Waals surface area (Å²) in [5.41, 5.74) is 0.726. The van der Waals surface area contributed by atoms with Gasteiger partial charge in [-0.2, -0.15) is 0 Å². The number of benzene rings is 1. The first-order valence-electron chi connectivity index (χ1n) is 8.67. The number of nitro groups is 1. The van der Waals surface area contributed by atoms with Gasteiger partial charge in [-0.25, -0.2) is 0 Å². The molecule has 1 aliphatic heterocycles. The smallest absolute Gasteiger partial charge is 0.269 e. The fraction of sp³-hybridized carbons (Fsp3) is 0.556. The molecule has 0 aliphatic carbocycles. The number of thiocarbonyl (C=S) groups is 1. The summed E-state index contributed by atoms with van der Waals surface area (Å²) in [6.45, 7) is 10.2. The molecule has 0 bridgehead atoms. The van der Waals surface area contributed by atoms with Crippen molar-refractivity contribution in [1.82, 2.24) is 9.80 Å². The molecule has 1 aromatic carbocycles. The summed E-state index contributed by atoms with van der Waals surface area (Å²) >= 11 is 5.49. The van der Waals surface area contributed by atoms with Gasteiger partial charge < -0.3 is 15.1 Å². The lowest BCUT2D eigenvalue weighted by Gasteiger charge is -2.41. The lowest BCUT2D eigenvalue weighted by atomic mass is 9.91. The van der Waals surface area contributed by atoms with E-state index in [0.717, 1.165) is 0 Å². The van der Waals surface area contributed by atoms with Gasteiger partial charge in [0.2, 0.25) is 5.91 Å². The molecule has 2 rings (SSSR count). The van der Waals surface area contributed by atoms with E-state index in [0.29, 0.717) is 36.9 Å². The Kier molecular flexibility index (Phi) is 6.17. The van der Waals surface area contributed by atoms with Gasteiger partial charge in [-0.3, -0.25) is 14.9 Å². The van der Waals surface area contributed by atoms with Crippen molar-refractivity contribution in [3.05, 3.63) is 34.4 Å². The van der Waals surface area contributed by atoms with E-state index in [1.807, 2.05) is 11.8 Å². The fourth-order valence-corrected chi connectivity index (χ4v) is 3.30. The summed E-state index contributed by atoms with van der Waals surface area (Å²) in [6, 6.07) is 6.26. The lowest BCUT2D eigenvalue weighted by Crippen LogP contribution is -2.56. The van der Waals surface area contributed by atoms with Crippen LogP contribution >= 0.6 is 12.2 Å². The first kappa shape index (κ1) is 20.1. The van der Waals surface area contributed by atoms with Gasteiger partial charge in [-0.05, 0) is 36.7 Å². The Balaban J connectivity index is 1.93. The minimum atomic E-state index is -0.433. The van der Waals surface area contributed by atoms with Gasteiger partial charge in [0.05, 0.1) is 4.92 Å². The zero-order valence-corrected chi connectivity index (χ0v) is 16.5. The summed E-state index contributed by atoms with van der Waals surface area (Å²) in [4.78, 5) is 26.7. The van der Waals surface area contributed by atoms with E-state index in [9.17, 15) is 14.9 Å². The largest absolute Gasteiger partial charge is 0.343 e. The topological polar surface area (TPSA) is 78.7 Å². The van der Waals surface area contributed by atoms with Crippen LogP contribution in [0.2, 0.25) is 0 Å². The Labute approximate surface area is 159 Å². The number of non-ortho nitro benzene ring substituents is 1. The summed E-state index contributed by atoms with van der Waals surface area (Å²) in [7, 11) is 0. The second-order valence-corrected chi connectivity index (χ2v) is 8.24. The maximum absolute atomic E-state index is 12.4. The predicted octanol–water partition coefficient (Wildman–Crippen LogP) is 3.26. The zero-order chi connectivity index (χ0) is 19.5. The van der Waals surface area contributed by atoms with Crippen LogP contribution in [0.25, 0.3) is 0 Å². The molecule has 1 saturated heterocycles. The average molecular weight is 378 g/mol. The Morgan fingerprint density at radius 3 is 2.42 bits per heavy atom. The maximum atomic E-state index is 12.4. The minimum Gasteiger partial charge on any atom is -0.343 e. The number of rotatable bonds is 3. The highest BCUT2D eigenvalue weighted by atomic mass is 32.1. The van der Waals surface area contributed by atoms with Gasteiger partial charge in [0.1, 0.15) is 0 Å². The normalized spacial score (nSPS) is 17.8. The Hall–Kier alpha value is -2.22. The lowest BCUT2D eigenvalue weighted by molar-refractivity contribution is -0.384. The first-order chi connectivity index (χ1) is 12.1. The number of carbonyl (C=O) groups excluding carboxylic acids is 1. The minimum absolute atomic E-state index is 0.0236. The number of amides is 1. The highest BCUT2D eigenvalue weighted by Crippen LogP contribution is 2.22. The summed E-state index contributed by atoms with van der Waals surface area (Å²) in [5, 5.41) is 14.4. The van der Waals surface area contributed by atoms with Crippen LogP contribution in [0.1, 0.15) is 34.1 Å². The molecule has 0 radical (unpaired) electrons. The Morgan fingerprint density at radius 1 is 1.31 bits per heavy atom. The third-order valence-corrected chi connectivity index (χ3v) is 4.59. The van der Waals surface area contributed by atoms with E-state index in [1.165, 1.54) is 12.1 Å². The van der Waals surface area contributed by atoms with Crippen LogP contribution in [0.4, 0.5) is 11.4 Å². The van der Waals surface area contributed by atoms with Crippen LogP contribution in [0.15, 0.2) is 24.3 Å². The highest BCUT2D eigenvalue weighted by Gasteiger charge is 2.29. The number of hydrogen-bond acceptors (Lipinski definition) is 4. The molecule has 0 aromatic heterocycles. The molecule has 7 nitrogen and oxygen atoms in total. The maximum Gasteiger partial charge on any atom is 0.269 e. The number of carbonyl (C=O) groups is 1. The van der Waals surface area contributed by atoms with E-state index in [4.69, 9.17) is 12.2 Å². The monoisotopic (exact) mass is 378 g/mol. The van der Waals surface area contributed by atoms with Crippen molar-refractivity contribution in [3.8, 4) is 0 Å². The third kappa shape index (κ3) is 5.39. The third-order valence-electron chi connectivity index (χ3n) is 4.25. The Bertz CT molecular complexity index is 685. The van der Waals surface area contributed by atoms with Crippen molar-refractivity contribution in [2.45, 2.75) is 40.2 Å². The van der Waals surface area contributed by atoms with E-state index < -0.39 is 4.92 Å². The van der Waals surface area contributed by atoms with Crippen LogP contribution in [0, 0.1) is 15.5 Å². The number of nitrogens with one attached hydrogen (secondary N) is 1. The van der Waals surface area contributed by atoms with Crippen molar-refractivity contribution in [3.63, 3.8) is 0 Å². The van der Waals surface area contributed by atoms with Crippen molar-refractivity contribution >= 4 is 34.6 Å². The number of hydrogen-bond donors (Lipinski definition) is 1. The van der Waals surface area contributed by atoms with Crippen molar-refractivity contribution < 1.29 is 9.72 Å². The van der Waals surface area contributed by atoms with Gasteiger partial charge in [0.25, 0.3) is 5.69 Å². The SMILES string of the molecule is CC1CN(C(=O)CC(C)(C)C)CCN1C(=S)Nc1ccc([N+](=O)[O-])cc1. The molecule has 1 fully saturated rings. The van der Waals surface area contributed by atoms with Gasteiger partial charge in [0, 0.05) is 49.9 Å². The molecular weight excluding hydrogens is 352 g/mol. The van der Waals surface area contributed by atoms with Crippen molar-refractivity contribution in [1.29, 1.82) is 0 Å². The van der Waals surface area contributed by atoms with Gasteiger partial charge >= 0.3 is 0 Å². The summed E-state index contributed by atoms with van der Waals surface area (Å²) in [6.07, 6.45) is 0.533. The molecule has 8 heteroatoms. The molecule has 1 aromatic rings. The van der Waals surface area contributed by atoms with Gasteiger partial charge in [-0.15, -0.1) is 0 Å². The quantitative estimate of drug-likeness (QED) is 0.494. The number of anilines is 1. The molecule has 0 saturated carbocycles. The molecule has 0 spiro atoms. The highest BCUT2D eigenvalue weighted by molar-refractivity contribution is 7.80. The first-order valence-corrected chi connectivity index (χ1v) is 9.07. The molecular formula is C18H26N4O3S. The molecule has 26 heavy (non-hydrogen) atoms. The van der Waals surface area contributed by atoms with E-state index >= 15 is 0 Å². The van der Waals surface area contributed by atoms with Crippen LogP contribution < -0.4 is 5.32 Å². The number of nitrogens with zero attached hydrogens (tertiary/aromatic N) is 3. The van der Waals surface area contributed by atoms with Crippen LogP contribution in [-0.4, -0.2) is 51.4 Å². The second-order valence-electron chi connectivity index (χ2n) is 7.85.